The summed E-state index contributed by atoms with van der Waals surface area (Å²) in [6.45, 7) is 2.22. The average molecular weight is 441 g/mol. The lowest BCUT2D eigenvalue weighted by Crippen LogP contribution is -2.48. The van der Waals surface area contributed by atoms with Gasteiger partial charge in [-0.05, 0) is 61.6 Å². The van der Waals surface area contributed by atoms with E-state index in [-0.39, 0.29) is 17.5 Å². The minimum Gasteiger partial charge on any atom is -0.459 e. The second kappa shape index (κ2) is 7.85. The van der Waals surface area contributed by atoms with Crippen molar-refractivity contribution in [2.75, 3.05) is 31.1 Å². The average Bonchev–Trinajstić information content (AvgIpc) is 3.61. The predicted molar refractivity (Wildman–Crippen MR) is 122 cm³/mol. The summed E-state index contributed by atoms with van der Waals surface area (Å²) in [6.07, 6.45) is 6.12. The summed E-state index contributed by atoms with van der Waals surface area (Å²) in [5, 5.41) is 10.7. The van der Waals surface area contributed by atoms with Crippen LogP contribution in [0.4, 0.5) is 5.88 Å². The number of nitriles is 1. The molecule has 0 saturated carbocycles. The lowest BCUT2D eigenvalue weighted by molar-refractivity contribution is 0.0745. The molecular weight excluding hydrogens is 418 g/mol. The Bertz CT molecular complexity index is 1370. The smallest absolute Gasteiger partial charge is 0.266 e. The van der Waals surface area contributed by atoms with Crippen molar-refractivity contribution >= 4 is 22.7 Å². The molecule has 6 rings (SSSR count). The molecule has 33 heavy (non-hydrogen) atoms. The van der Waals surface area contributed by atoms with E-state index in [0.29, 0.717) is 37.8 Å². The number of fused-ring (bicyclic) bond motifs is 3. The van der Waals surface area contributed by atoms with Crippen molar-refractivity contribution in [1.29, 1.82) is 5.26 Å². The second-order valence-corrected chi connectivity index (χ2v) is 8.59. The number of benzene rings is 1. The first-order chi connectivity index (χ1) is 16.2. The highest BCUT2D eigenvalue weighted by Crippen LogP contribution is 2.31. The zero-order valence-corrected chi connectivity index (χ0v) is 18.1. The molecule has 0 atom stereocenters. The largest absolute Gasteiger partial charge is 0.459 e. The fourth-order valence-corrected chi connectivity index (χ4v) is 4.94. The van der Waals surface area contributed by atoms with Crippen LogP contribution in [0.25, 0.3) is 22.6 Å². The maximum Gasteiger partial charge on any atom is 0.266 e. The highest BCUT2D eigenvalue weighted by atomic mass is 16.4. The molecule has 2 aliphatic rings. The van der Waals surface area contributed by atoms with E-state index in [0.717, 1.165) is 23.9 Å². The van der Waals surface area contributed by atoms with Gasteiger partial charge in [0.15, 0.2) is 5.76 Å². The van der Waals surface area contributed by atoms with Crippen LogP contribution in [0.1, 0.15) is 40.2 Å². The van der Waals surface area contributed by atoms with Gasteiger partial charge in [-0.15, -0.1) is 0 Å². The number of aryl methyl sites for hydroxylation is 2. The fourth-order valence-electron chi connectivity index (χ4n) is 4.94. The normalized spacial score (nSPS) is 16.1. The van der Waals surface area contributed by atoms with Gasteiger partial charge in [0.05, 0.1) is 6.26 Å². The molecule has 4 heterocycles. The van der Waals surface area contributed by atoms with Crippen LogP contribution in [-0.2, 0) is 12.8 Å². The van der Waals surface area contributed by atoms with Crippen LogP contribution < -0.4 is 4.90 Å². The van der Waals surface area contributed by atoms with E-state index in [9.17, 15) is 10.1 Å². The third-order valence-electron chi connectivity index (χ3n) is 6.65. The van der Waals surface area contributed by atoms with E-state index < -0.39 is 0 Å². The molecule has 166 valence electrons. The van der Waals surface area contributed by atoms with Crippen molar-refractivity contribution in [2.45, 2.75) is 25.7 Å². The number of nitrogens with zero attached hydrogens (tertiary/aromatic N) is 4. The number of anilines is 1. The molecule has 1 aliphatic heterocycles. The van der Waals surface area contributed by atoms with Crippen LogP contribution in [-0.4, -0.2) is 47.0 Å². The highest BCUT2D eigenvalue weighted by Gasteiger charge is 2.28. The number of nitrogens with one attached hydrogen (secondary N) is 1. The number of H-pyrrole nitrogens is 1. The molecule has 1 aromatic carbocycles. The first-order valence-electron chi connectivity index (χ1n) is 11.3. The van der Waals surface area contributed by atoms with Gasteiger partial charge in [-0.25, -0.2) is 0 Å². The summed E-state index contributed by atoms with van der Waals surface area (Å²) in [7, 11) is 0. The van der Waals surface area contributed by atoms with Crippen molar-refractivity contribution in [2.24, 2.45) is 0 Å². The number of hydrogen-bond acceptors (Lipinski definition) is 6. The highest BCUT2D eigenvalue weighted by molar-refractivity contribution is 5.99. The SMILES string of the molecule is N#Cc1nc(-c2ccco2)oc1N1CCN(C(=O)c2ccc3[nH]c4c(c3c2)CCCC4)CC1. The minimum atomic E-state index is 0.0386. The monoisotopic (exact) mass is 441 g/mol. The number of piperazine rings is 1. The number of carbonyl (C=O) groups excluding carboxylic acids is 1. The van der Waals surface area contributed by atoms with Gasteiger partial charge in [-0.2, -0.15) is 10.2 Å². The Morgan fingerprint density at radius 1 is 1.12 bits per heavy atom. The maximum absolute atomic E-state index is 13.3. The van der Waals surface area contributed by atoms with Crippen LogP contribution in [0.15, 0.2) is 45.4 Å². The topological polar surface area (TPSA) is 102 Å². The Hall–Kier alpha value is -3.99. The van der Waals surface area contributed by atoms with Crippen LogP contribution in [0, 0.1) is 11.3 Å². The molecule has 0 bridgehead atoms. The molecular formula is C25H23N5O3. The molecule has 1 saturated heterocycles. The van der Waals surface area contributed by atoms with Gasteiger partial charge in [0.25, 0.3) is 11.8 Å². The number of furan rings is 1. The van der Waals surface area contributed by atoms with Gasteiger partial charge >= 0.3 is 0 Å². The van der Waals surface area contributed by atoms with Gasteiger partial charge in [-0.1, -0.05) is 0 Å². The molecule has 4 aromatic rings. The fraction of sp³-hybridized carbons (Fsp3) is 0.320. The number of oxazole rings is 1. The third-order valence-corrected chi connectivity index (χ3v) is 6.65. The quantitative estimate of drug-likeness (QED) is 0.513. The van der Waals surface area contributed by atoms with E-state index in [1.165, 1.54) is 35.7 Å². The summed E-state index contributed by atoms with van der Waals surface area (Å²) in [4.78, 5) is 24.9. The number of rotatable bonds is 3. The number of aromatic nitrogens is 2. The van der Waals surface area contributed by atoms with Gasteiger partial charge < -0.3 is 23.6 Å². The molecule has 3 aromatic heterocycles. The maximum atomic E-state index is 13.3. The van der Waals surface area contributed by atoms with Crippen molar-refractivity contribution in [3.8, 4) is 17.7 Å². The van der Waals surface area contributed by atoms with E-state index in [1.807, 2.05) is 28.0 Å². The Morgan fingerprint density at radius 3 is 2.76 bits per heavy atom. The summed E-state index contributed by atoms with van der Waals surface area (Å²) in [6, 6.07) is 11.6. The Morgan fingerprint density at radius 2 is 1.97 bits per heavy atom. The minimum absolute atomic E-state index is 0.0386. The number of aromatic amines is 1. The zero-order chi connectivity index (χ0) is 22.4. The van der Waals surface area contributed by atoms with Gasteiger partial charge in [-0.3, -0.25) is 4.79 Å². The Kier molecular flexibility index (Phi) is 4.68. The van der Waals surface area contributed by atoms with E-state index >= 15 is 0 Å². The lowest BCUT2D eigenvalue weighted by Gasteiger charge is -2.34. The third kappa shape index (κ3) is 3.37. The van der Waals surface area contributed by atoms with Gasteiger partial charge in [0.1, 0.15) is 6.07 Å². The van der Waals surface area contributed by atoms with Crippen LogP contribution in [0.3, 0.4) is 0 Å². The Labute approximate surface area is 190 Å². The summed E-state index contributed by atoms with van der Waals surface area (Å²) >= 11 is 0. The first kappa shape index (κ1) is 19.7. The summed E-state index contributed by atoms with van der Waals surface area (Å²) < 4.78 is 11.2. The molecule has 0 radical (unpaired) electrons. The molecule has 1 N–H and O–H groups in total. The van der Waals surface area contributed by atoms with Crippen molar-refractivity contribution in [1.82, 2.24) is 14.9 Å². The lowest BCUT2D eigenvalue weighted by atomic mass is 9.95. The van der Waals surface area contributed by atoms with Gasteiger partial charge in [0, 0.05) is 48.3 Å². The van der Waals surface area contributed by atoms with E-state index in [1.54, 1.807) is 12.1 Å². The molecule has 1 aliphatic carbocycles. The molecule has 1 amide bonds. The first-order valence-corrected chi connectivity index (χ1v) is 11.3. The molecule has 0 spiro atoms. The molecule has 8 heteroatoms. The number of amides is 1. The number of hydrogen-bond donors (Lipinski definition) is 1. The van der Waals surface area contributed by atoms with Crippen LogP contribution in [0.2, 0.25) is 0 Å². The van der Waals surface area contributed by atoms with Crippen LogP contribution >= 0.6 is 0 Å². The summed E-state index contributed by atoms with van der Waals surface area (Å²) in [5.74, 6) is 1.23. The Balaban J connectivity index is 1.19. The molecule has 0 unspecified atom stereocenters. The molecule has 1 fully saturated rings. The summed E-state index contributed by atoms with van der Waals surface area (Å²) in [5.41, 5.74) is 4.76. The standard InChI is InChI=1S/C25H23N5O3/c26-15-21-25(33-23(28-21)22-6-3-13-32-22)30-11-9-29(10-12-30)24(31)16-7-8-20-18(14-16)17-4-1-2-5-19(17)27-20/h3,6-8,13-14,27H,1-2,4-5,9-12H2. The second-order valence-electron chi connectivity index (χ2n) is 8.59. The number of carbonyl (C=O) groups is 1. The van der Waals surface area contributed by atoms with Crippen molar-refractivity contribution in [3.63, 3.8) is 0 Å². The predicted octanol–water partition coefficient (Wildman–Crippen LogP) is 4.13. The van der Waals surface area contributed by atoms with Crippen molar-refractivity contribution in [3.05, 3.63) is 59.1 Å². The van der Waals surface area contributed by atoms with E-state index in [4.69, 9.17) is 8.83 Å². The molecule has 8 nitrogen and oxygen atoms in total. The zero-order valence-electron chi connectivity index (χ0n) is 18.1. The van der Waals surface area contributed by atoms with Crippen molar-refractivity contribution < 1.29 is 13.6 Å². The van der Waals surface area contributed by atoms with Gasteiger partial charge in [0.2, 0.25) is 11.6 Å². The van der Waals surface area contributed by atoms with Crippen LogP contribution in [0.5, 0.6) is 0 Å². The van der Waals surface area contributed by atoms with E-state index in [2.05, 4.69) is 16.0 Å².